The van der Waals surface area contributed by atoms with E-state index in [2.05, 4.69) is 10.2 Å². The van der Waals surface area contributed by atoms with Crippen LogP contribution in [-0.4, -0.2) is 26.5 Å². The predicted molar refractivity (Wildman–Crippen MR) is 90.3 cm³/mol. The summed E-state index contributed by atoms with van der Waals surface area (Å²) in [5.74, 6) is 0.563. The van der Waals surface area contributed by atoms with Crippen LogP contribution in [0, 0.1) is 5.82 Å². The Morgan fingerprint density at radius 1 is 1.32 bits per heavy atom. The van der Waals surface area contributed by atoms with Crippen LogP contribution in [0.1, 0.15) is 12.5 Å². The molecule has 0 saturated carbocycles. The van der Waals surface area contributed by atoms with E-state index in [0.717, 1.165) is 0 Å². The van der Waals surface area contributed by atoms with Gasteiger partial charge in [0.05, 0.1) is 12.0 Å². The number of halogens is 1. The maximum atomic E-state index is 13.1. The summed E-state index contributed by atoms with van der Waals surface area (Å²) in [6.45, 7) is 2.64. The van der Waals surface area contributed by atoms with Crippen LogP contribution in [0.4, 0.5) is 4.39 Å². The van der Waals surface area contributed by atoms with Crippen LogP contribution in [0.3, 0.4) is 0 Å². The average Bonchev–Trinajstić information content (AvgIpc) is 3.27. The first kappa shape index (κ1) is 17.2. The number of ether oxygens (including phenoxy) is 1. The number of rotatable bonds is 7. The lowest BCUT2D eigenvalue weighted by molar-refractivity contribution is -0.141. The molecule has 8 heteroatoms. The first-order valence-electron chi connectivity index (χ1n) is 7.67. The Balaban J connectivity index is 1.57. The van der Waals surface area contributed by atoms with Crippen molar-refractivity contribution in [1.82, 2.24) is 14.8 Å². The molecular formula is C17H16FN3O3S. The van der Waals surface area contributed by atoms with Crippen molar-refractivity contribution in [3.05, 3.63) is 54.0 Å². The Hall–Kier alpha value is -2.61. The maximum absolute atomic E-state index is 13.1. The van der Waals surface area contributed by atoms with Gasteiger partial charge < -0.3 is 9.15 Å². The first-order valence-corrected chi connectivity index (χ1v) is 8.66. The molecule has 0 fully saturated rings. The van der Waals surface area contributed by atoms with Crippen LogP contribution in [0.5, 0.6) is 0 Å². The Labute approximate surface area is 148 Å². The summed E-state index contributed by atoms with van der Waals surface area (Å²) in [6.07, 6.45) is 1.57. The molecule has 0 atom stereocenters. The highest BCUT2D eigenvalue weighted by molar-refractivity contribution is 7.99. The molecular weight excluding hydrogens is 345 g/mol. The molecule has 0 spiro atoms. The number of furan rings is 1. The monoisotopic (exact) mass is 361 g/mol. The van der Waals surface area contributed by atoms with Gasteiger partial charge in [-0.1, -0.05) is 23.9 Å². The normalized spacial score (nSPS) is 10.8. The summed E-state index contributed by atoms with van der Waals surface area (Å²) in [4.78, 5) is 11.9. The minimum absolute atomic E-state index is 0.0370. The quantitative estimate of drug-likeness (QED) is 0.474. The first-order chi connectivity index (χ1) is 12.2. The molecule has 0 amide bonds. The fraction of sp³-hybridized carbons (Fsp3) is 0.235. The van der Waals surface area contributed by atoms with Gasteiger partial charge in [0.25, 0.3) is 0 Å². The molecule has 2 aromatic heterocycles. The van der Waals surface area contributed by atoms with Gasteiger partial charge in [-0.25, -0.2) is 4.39 Å². The minimum Gasteiger partial charge on any atom is -0.461 e. The van der Waals surface area contributed by atoms with Gasteiger partial charge in [-0.3, -0.25) is 9.36 Å². The Kier molecular flexibility index (Phi) is 5.49. The predicted octanol–water partition coefficient (Wildman–Crippen LogP) is 3.53. The second kappa shape index (κ2) is 7.98. The van der Waals surface area contributed by atoms with Crippen molar-refractivity contribution in [2.24, 2.45) is 0 Å². The molecule has 0 unspecified atom stereocenters. The number of hydrogen-bond acceptors (Lipinski definition) is 6. The third-order valence-electron chi connectivity index (χ3n) is 3.38. The lowest BCUT2D eigenvalue weighted by Gasteiger charge is -2.06. The van der Waals surface area contributed by atoms with E-state index in [1.165, 1.54) is 23.9 Å². The third-order valence-corrected chi connectivity index (χ3v) is 4.32. The minimum atomic E-state index is -0.403. The van der Waals surface area contributed by atoms with E-state index < -0.39 is 5.97 Å². The van der Waals surface area contributed by atoms with Gasteiger partial charge in [-0.2, -0.15) is 0 Å². The molecule has 1 aromatic carbocycles. The van der Waals surface area contributed by atoms with Gasteiger partial charge in [0.2, 0.25) is 0 Å². The topological polar surface area (TPSA) is 70.2 Å². The Morgan fingerprint density at radius 3 is 2.92 bits per heavy atom. The molecule has 0 aliphatic carbocycles. The van der Waals surface area contributed by atoms with Crippen molar-refractivity contribution in [2.75, 3.05) is 5.75 Å². The standard InChI is InChI=1S/C17H16FN3O3S/c1-2-21-16(14-7-4-8-23-14)19-20-17(21)25-11-15(22)24-10-12-5-3-6-13(18)9-12/h3-9H,2,10-11H2,1H3. The van der Waals surface area contributed by atoms with Crippen LogP contribution in [-0.2, 0) is 22.7 Å². The van der Waals surface area contributed by atoms with Crippen LogP contribution < -0.4 is 0 Å². The Bertz CT molecular complexity index is 849. The molecule has 25 heavy (non-hydrogen) atoms. The molecule has 6 nitrogen and oxygen atoms in total. The number of nitrogens with zero attached hydrogens (tertiary/aromatic N) is 3. The number of esters is 1. The zero-order valence-corrected chi connectivity index (χ0v) is 14.3. The zero-order chi connectivity index (χ0) is 17.6. The summed E-state index contributed by atoms with van der Waals surface area (Å²) in [7, 11) is 0. The molecule has 2 heterocycles. The van der Waals surface area contributed by atoms with Crippen molar-refractivity contribution in [2.45, 2.75) is 25.2 Å². The summed E-state index contributed by atoms with van der Waals surface area (Å²) >= 11 is 1.24. The van der Waals surface area contributed by atoms with Crippen molar-refractivity contribution in [3.63, 3.8) is 0 Å². The third kappa shape index (κ3) is 4.27. The van der Waals surface area contributed by atoms with Gasteiger partial charge >= 0.3 is 5.97 Å². The van der Waals surface area contributed by atoms with Crippen molar-refractivity contribution >= 4 is 17.7 Å². The van der Waals surface area contributed by atoms with E-state index in [9.17, 15) is 9.18 Å². The molecule has 130 valence electrons. The second-order valence-electron chi connectivity index (χ2n) is 5.11. The highest BCUT2D eigenvalue weighted by atomic mass is 32.2. The number of carbonyl (C=O) groups is 1. The molecule has 0 N–H and O–H groups in total. The number of thioether (sulfide) groups is 1. The van der Waals surface area contributed by atoms with Gasteiger partial charge in [-0.15, -0.1) is 10.2 Å². The fourth-order valence-electron chi connectivity index (χ4n) is 2.22. The van der Waals surface area contributed by atoms with E-state index in [4.69, 9.17) is 9.15 Å². The van der Waals surface area contributed by atoms with Crippen LogP contribution in [0.15, 0.2) is 52.2 Å². The lowest BCUT2D eigenvalue weighted by Crippen LogP contribution is -2.08. The molecule has 3 aromatic rings. The average molecular weight is 361 g/mol. The van der Waals surface area contributed by atoms with Gasteiger partial charge in [0, 0.05) is 6.54 Å². The zero-order valence-electron chi connectivity index (χ0n) is 13.5. The lowest BCUT2D eigenvalue weighted by atomic mass is 10.2. The molecule has 3 rings (SSSR count). The van der Waals surface area contributed by atoms with Crippen LogP contribution in [0.25, 0.3) is 11.6 Å². The second-order valence-corrected chi connectivity index (χ2v) is 6.05. The number of aromatic nitrogens is 3. The smallest absolute Gasteiger partial charge is 0.316 e. The van der Waals surface area contributed by atoms with E-state index in [1.807, 2.05) is 11.5 Å². The number of hydrogen-bond donors (Lipinski definition) is 0. The van der Waals surface area contributed by atoms with Crippen molar-refractivity contribution < 1.29 is 18.3 Å². The largest absolute Gasteiger partial charge is 0.461 e. The summed E-state index contributed by atoms with van der Waals surface area (Å²) < 4.78 is 25.5. The molecule has 0 aliphatic heterocycles. The van der Waals surface area contributed by atoms with Gasteiger partial charge in [0.15, 0.2) is 16.7 Å². The van der Waals surface area contributed by atoms with Gasteiger partial charge in [-0.05, 0) is 36.8 Å². The number of carbonyl (C=O) groups excluding carboxylic acids is 1. The summed E-state index contributed by atoms with van der Waals surface area (Å²) in [6, 6.07) is 9.54. The van der Waals surface area contributed by atoms with E-state index in [0.29, 0.717) is 28.8 Å². The molecule has 0 bridgehead atoms. The van der Waals surface area contributed by atoms with E-state index in [-0.39, 0.29) is 18.2 Å². The summed E-state index contributed by atoms with van der Waals surface area (Å²) in [5.41, 5.74) is 0.607. The highest BCUT2D eigenvalue weighted by Gasteiger charge is 2.16. The summed E-state index contributed by atoms with van der Waals surface area (Å²) in [5, 5.41) is 8.83. The van der Waals surface area contributed by atoms with Crippen molar-refractivity contribution in [1.29, 1.82) is 0 Å². The highest BCUT2D eigenvalue weighted by Crippen LogP contribution is 2.24. The molecule has 0 saturated heterocycles. The van der Waals surface area contributed by atoms with E-state index in [1.54, 1.807) is 30.5 Å². The fourth-order valence-corrected chi connectivity index (χ4v) is 3.02. The van der Waals surface area contributed by atoms with Crippen LogP contribution in [0.2, 0.25) is 0 Å². The molecule has 0 aliphatic rings. The van der Waals surface area contributed by atoms with Crippen LogP contribution >= 0.6 is 11.8 Å². The van der Waals surface area contributed by atoms with Gasteiger partial charge in [0.1, 0.15) is 12.4 Å². The molecule has 0 radical (unpaired) electrons. The number of benzene rings is 1. The SMILES string of the molecule is CCn1c(SCC(=O)OCc2cccc(F)c2)nnc1-c1ccco1. The van der Waals surface area contributed by atoms with E-state index >= 15 is 0 Å². The Morgan fingerprint density at radius 2 is 2.20 bits per heavy atom. The van der Waals surface area contributed by atoms with Crippen molar-refractivity contribution in [3.8, 4) is 11.6 Å². The maximum Gasteiger partial charge on any atom is 0.316 e.